The zero-order chi connectivity index (χ0) is 16.6. The van der Waals surface area contributed by atoms with Gasteiger partial charge in [0.15, 0.2) is 6.29 Å². The van der Waals surface area contributed by atoms with Gasteiger partial charge in [0.1, 0.15) is 11.6 Å². The Morgan fingerprint density at radius 3 is 2.54 bits per heavy atom. The van der Waals surface area contributed by atoms with Crippen LogP contribution in [0.4, 0.5) is 11.6 Å². The summed E-state index contributed by atoms with van der Waals surface area (Å²) in [5.74, 6) is 2.09. The molecule has 0 bridgehead atoms. The first kappa shape index (κ1) is 15.4. The first-order chi connectivity index (χ1) is 11.7. The zero-order valence-electron chi connectivity index (χ0n) is 14.0. The van der Waals surface area contributed by atoms with Crippen molar-refractivity contribution < 1.29 is 9.53 Å². The van der Waals surface area contributed by atoms with E-state index in [1.54, 1.807) is 0 Å². The summed E-state index contributed by atoms with van der Waals surface area (Å²) >= 11 is 0. The normalized spacial score (nSPS) is 22.6. The second-order valence-electron chi connectivity index (χ2n) is 7.09. The molecule has 0 radical (unpaired) electrons. The van der Waals surface area contributed by atoms with Gasteiger partial charge in [0, 0.05) is 44.7 Å². The number of carbonyl (C=O) groups is 1. The maximum atomic E-state index is 10.9. The van der Waals surface area contributed by atoms with Crippen LogP contribution >= 0.6 is 0 Å². The molecule has 0 saturated carbocycles. The van der Waals surface area contributed by atoms with Crippen molar-refractivity contribution in [3.8, 4) is 0 Å². The van der Waals surface area contributed by atoms with Gasteiger partial charge in [-0.2, -0.15) is 0 Å². The third kappa shape index (κ3) is 2.75. The number of likely N-dealkylation sites (tertiary alicyclic amines) is 1. The largest absolute Gasteiger partial charge is 0.378 e. The zero-order valence-corrected chi connectivity index (χ0v) is 14.0. The number of ether oxygens (including phenoxy) is 1. The number of hydrogen-bond acceptors (Lipinski definition) is 6. The molecule has 0 unspecified atom stereocenters. The molecule has 4 rings (SSSR count). The summed E-state index contributed by atoms with van der Waals surface area (Å²) in [6.07, 6.45) is 1.99. The number of hydrogen-bond donors (Lipinski definition) is 0. The number of pyridine rings is 1. The van der Waals surface area contributed by atoms with Gasteiger partial charge in [0.05, 0.1) is 18.9 Å². The maximum Gasteiger partial charge on any atom is 0.165 e. The second-order valence-corrected chi connectivity index (χ2v) is 7.09. The van der Waals surface area contributed by atoms with Crippen LogP contribution in [0.1, 0.15) is 6.42 Å². The maximum absolute atomic E-state index is 10.9. The van der Waals surface area contributed by atoms with E-state index in [-0.39, 0.29) is 0 Å². The van der Waals surface area contributed by atoms with Crippen LogP contribution in [0, 0.1) is 5.41 Å². The Hall–Kier alpha value is -2.08. The highest BCUT2D eigenvalue weighted by Gasteiger charge is 2.48. The van der Waals surface area contributed by atoms with Crippen LogP contribution in [0.5, 0.6) is 0 Å². The van der Waals surface area contributed by atoms with Crippen molar-refractivity contribution in [1.82, 2.24) is 9.88 Å². The molecule has 6 nitrogen and oxygen atoms in total. The van der Waals surface area contributed by atoms with E-state index in [9.17, 15) is 4.79 Å². The minimum Gasteiger partial charge on any atom is -0.378 e. The summed E-state index contributed by atoms with van der Waals surface area (Å²) in [4.78, 5) is 22.5. The molecular weight excluding hydrogens is 304 g/mol. The third-order valence-corrected chi connectivity index (χ3v) is 5.41. The quantitative estimate of drug-likeness (QED) is 0.610. The number of carbonyl (C=O) groups excluding carboxylic acids is 1. The van der Waals surface area contributed by atoms with Gasteiger partial charge in [0.2, 0.25) is 0 Å². The smallest absolute Gasteiger partial charge is 0.165 e. The van der Waals surface area contributed by atoms with E-state index in [1.807, 2.05) is 0 Å². The average molecular weight is 328 g/mol. The number of aromatic nitrogens is 1. The van der Waals surface area contributed by atoms with Gasteiger partial charge in [-0.25, -0.2) is 4.98 Å². The van der Waals surface area contributed by atoms with Crippen molar-refractivity contribution in [1.29, 1.82) is 0 Å². The lowest BCUT2D eigenvalue weighted by molar-refractivity contribution is -0.106. The van der Waals surface area contributed by atoms with Gasteiger partial charge in [0.25, 0.3) is 0 Å². The molecule has 1 aromatic heterocycles. The first-order valence-electron chi connectivity index (χ1n) is 8.63. The number of nitrogens with zero attached hydrogens (tertiary/aromatic N) is 4. The molecule has 0 aliphatic carbocycles. The molecule has 0 amide bonds. The van der Waals surface area contributed by atoms with Crippen LogP contribution in [0.3, 0.4) is 0 Å². The van der Waals surface area contributed by atoms with Crippen LogP contribution in [0.25, 0.3) is 0 Å². The Balaban J connectivity index is 1.40. The van der Waals surface area contributed by atoms with Crippen LogP contribution in [-0.4, -0.2) is 68.7 Å². The SMILES string of the molecule is C=C(C=O)N1CCC2(C1)CN(c1cccc(N3CCOCC3)n1)C2. The Bertz CT molecular complexity index is 636. The van der Waals surface area contributed by atoms with Crippen molar-refractivity contribution >= 4 is 17.9 Å². The Labute approximate surface area is 142 Å². The highest BCUT2D eigenvalue weighted by atomic mass is 16.5. The minimum atomic E-state index is 0.294. The first-order valence-corrected chi connectivity index (χ1v) is 8.63. The van der Waals surface area contributed by atoms with Gasteiger partial charge >= 0.3 is 0 Å². The lowest BCUT2D eigenvalue weighted by Gasteiger charge is -2.49. The molecular formula is C18H24N4O2. The van der Waals surface area contributed by atoms with Crippen molar-refractivity contribution in [3.05, 3.63) is 30.5 Å². The van der Waals surface area contributed by atoms with E-state index in [0.29, 0.717) is 11.1 Å². The van der Waals surface area contributed by atoms with Crippen LogP contribution in [-0.2, 0) is 9.53 Å². The molecule has 1 aromatic rings. The van der Waals surface area contributed by atoms with Crippen LogP contribution < -0.4 is 9.80 Å². The van der Waals surface area contributed by atoms with Crippen molar-refractivity contribution in [2.75, 3.05) is 62.3 Å². The molecule has 3 aliphatic heterocycles. The number of anilines is 2. The van der Waals surface area contributed by atoms with Crippen molar-refractivity contribution in [3.63, 3.8) is 0 Å². The van der Waals surface area contributed by atoms with Crippen molar-refractivity contribution in [2.45, 2.75) is 6.42 Å². The predicted octanol–water partition coefficient (Wildman–Crippen LogP) is 1.14. The molecule has 3 saturated heterocycles. The summed E-state index contributed by atoms with van der Waals surface area (Å²) in [5.41, 5.74) is 0.903. The van der Waals surface area contributed by atoms with Gasteiger partial charge in [-0.3, -0.25) is 4.79 Å². The van der Waals surface area contributed by atoms with Gasteiger partial charge < -0.3 is 19.4 Å². The minimum absolute atomic E-state index is 0.294. The number of rotatable bonds is 4. The highest BCUT2D eigenvalue weighted by molar-refractivity contribution is 5.71. The topological polar surface area (TPSA) is 48.9 Å². The molecule has 0 atom stereocenters. The fourth-order valence-electron chi connectivity index (χ4n) is 4.00. The molecule has 0 aromatic carbocycles. The third-order valence-electron chi connectivity index (χ3n) is 5.41. The number of morpholine rings is 1. The van der Waals surface area contributed by atoms with Gasteiger partial charge in [-0.15, -0.1) is 0 Å². The van der Waals surface area contributed by atoms with E-state index < -0.39 is 0 Å². The Morgan fingerprint density at radius 1 is 1.12 bits per heavy atom. The standard InChI is InChI=1S/C18H24N4O2/c1-15(11-23)21-6-5-18(12-21)13-22(14-18)17-4-2-3-16(19-17)20-7-9-24-10-8-20/h2-4,11H,1,5-10,12-14H2. The fourth-order valence-corrected chi connectivity index (χ4v) is 4.00. The summed E-state index contributed by atoms with van der Waals surface area (Å²) in [6.45, 7) is 11.1. The van der Waals surface area contributed by atoms with E-state index >= 15 is 0 Å². The number of aldehydes is 1. The highest BCUT2D eigenvalue weighted by Crippen LogP contribution is 2.42. The summed E-state index contributed by atoms with van der Waals surface area (Å²) in [7, 11) is 0. The molecule has 4 heterocycles. The number of allylic oxidation sites excluding steroid dienone is 1. The second kappa shape index (κ2) is 6.09. The van der Waals surface area contributed by atoms with Gasteiger partial charge in [-0.05, 0) is 18.6 Å². The summed E-state index contributed by atoms with van der Waals surface area (Å²) in [5, 5.41) is 0. The molecule has 1 spiro atoms. The molecule has 6 heteroatoms. The summed E-state index contributed by atoms with van der Waals surface area (Å²) in [6, 6.07) is 6.26. The average Bonchev–Trinajstić information content (AvgIpc) is 3.06. The molecule has 128 valence electrons. The van der Waals surface area contributed by atoms with Crippen LogP contribution in [0.15, 0.2) is 30.5 Å². The predicted molar refractivity (Wildman–Crippen MR) is 93.3 cm³/mol. The van der Waals surface area contributed by atoms with Gasteiger partial charge in [-0.1, -0.05) is 12.6 Å². The molecule has 3 aliphatic rings. The van der Waals surface area contributed by atoms with E-state index in [0.717, 1.165) is 76.8 Å². The Morgan fingerprint density at radius 2 is 1.83 bits per heavy atom. The molecule has 24 heavy (non-hydrogen) atoms. The van der Waals surface area contributed by atoms with E-state index in [2.05, 4.69) is 39.5 Å². The molecule has 0 N–H and O–H groups in total. The van der Waals surface area contributed by atoms with E-state index in [4.69, 9.17) is 9.72 Å². The monoisotopic (exact) mass is 328 g/mol. The lowest BCUT2D eigenvalue weighted by Crippen LogP contribution is -2.58. The Kier molecular flexibility index (Phi) is 3.92. The van der Waals surface area contributed by atoms with E-state index in [1.165, 1.54) is 0 Å². The molecule has 3 fully saturated rings. The fraction of sp³-hybridized carbons (Fsp3) is 0.556. The summed E-state index contributed by atoms with van der Waals surface area (Å²) < 4.78 is 5.42. The van der Waals surface area contributed by atoms with Crippen LogP contribution in [0.2, 0.25) is 0 Å². The lowest BCUT2D eigenvalue weighted by atomic mass is 9.79. The van der Waals surface area contributed by atoms with Crippen molar-refractivity contribution in [2.24, 2.45) is 5.41 Å².